The van der Waals surface area contributed by atoms with Crippen LogP contribution in [-0.2, 0) is 17.0 Å². The van der Waals surface area contributed by atoms with Crippen LogP contribution in [0.3, 0.4) is 0 Å². The van der Waals surface area contributed by atoms with Crippen LogP contribution in [0.25, 0.3) is 0 Å². The lowest BCUT2D eigenvalue weighted by Crippen LogP contribution is -2.07. The van der Waals surface area contributed by atoms with Crippen LogP contribution in [0.5, 0.6) is 0 Å². The van der Waals surface area contributed by atoms with E-state index in [0.717, 1.165) is 18.2 Å². The lowest BCUT2D eigenvalue weighted by atomic mass is 10.2. The smallest absolute Gasteiger partial charge is 0.258 e. The highest BCUT2D eigenvalue weighted by atomic mass is 32.2. The van der Waals surface area contributed by atoms with Crippen molar-refractivity contribution in [2.45, 2.75) is 16.1 Å². The largest absolute Gasteiger partial charge is 0.416 e. The zero-order valence-electron chi connectivity index (χ0n) is 10.2. The molecule has 0 aliphatic rings. The van der Waals surface area contributed by atoms with Crippen LogP contribution < -0.4 is 0 Å². The van der Waals surface area contributed by atoms with Gasteiger partial charge in [-0.1, -0.05) is 6.07 Å². The molecule has 2 aromatic rings. The van der Waals surface area contributed by atoms with Crippen LogP contribution >= 0.6 is 0 Å². The molecule has 9 heteroatoms. The van der Waals surface area contributed by atoms with Gasteiger partial charge in [0.2, 0.25) is 5.03 Å². The van der Waals surface area contributed by atoms with Crippen molar-refractivity contribution >= 4 is 16.5 Å². The summed E-state index contributed by atoms with van der Waals surface area (Å²) in [5.74, 6) is 0. The van der Waals surface area contributed by atoms with Gasteiger partial charge in [-0.05, 0) is 24.3 Å². The summed E-state index contributed by atoms with van der Waals surface area (Å²) in [5, 5.41) is 10.4. The van der Waals surface area contributed by atoms with Gasteiger partial charge >= 0.3 is 11.9 Å². The fraction of sp³-hybridized carbons (Fsp3) is 0.0833. The van der Waals surface area contributed by atoms with Crippen molar-refractivity contribution in [3.8, 4) is 0 Å². The van der Waals surface area contributed by atoms with E-state index in [0.29, 0.717) is 6.07 Å². The molecule has 0 spiro atoms. The number of hydrogen-bond donors (Lipinski definition) is 0. The molecule has 5 nitrogen and oxygen atoms in total. The Hall–Kier alpha value is -2.29. The Kier molecular flexibility index (Phi) is 4.03. The minimum absolute atomic E-state index is 0.202. The van der Waals surface area contributed by atoms with Crippen molar-refractivity contribution in [2.24, 2.45) is 0 Å². The van der Waals surface area contributed by atoms with Crippen LogP contribution in [0.15, 0.2) is 52.5 Å². The third-order valence-corrected chi connectivity index (χ3v) is 3.85. The summed E-state index contributed by atoms with van der Waals surface area (Å²) in [7, 11) is -2.18. The molecule has 0 amide bonds. The van der Waals surface area contributed by atoms with Gasteiger partial charge in [0, 0.05) is 17.2 Å². The van der Waals surface area contributed by atoms with E-state index >= 15 is 0 Å². The van der Waals surface area contributed by atoms with E-state index in [1.54, 1.807) is 0 Å². The van der Waals surface area contributed by atoms with E-state index in [-0.39, 0.29) is 9.92 Å². The number of benzene rings is 1. The molecule has 1 aromatic carbocycles. The summed E-state index contributed by atoms with van der Waals surface area (Å²) >= 11 is 0. The topological polar surface area (TPSA) is 73.1 Å². The zero-order chi connectivity index (χ0) is 15.6. The molecule has 0 aliphatic heterocycles. The van der Waals surface area contributed by atoms with E-state index in [9.17, 15) is 27.5 Å². The second kappa shape index (κ2) is 5.60. The van der Waals surface area contributed by atoms with Crippen molar-refractivity contribution < 1.29 is 22.3 Å². The Balaban J connectivity index is 2.49. The van der Waals surface area contributed by atoms with Crippen LogP contribution in [0.4, 0.5) is 18.9 Å². The molecular formula is C12H7F3N2O3S. The van der Waals surface area contributed by atoms with Crippen molar-refractivity contribution in [3.63, 3.8) is 0 Å². The predicted octanol–water partition coefficient (Wildman–Crippen LogP) is 3.18. The molecule has 0 radical (unpaired) electrons. The standard InChI is InChI=1S/C12H7F3N2O3S/c13-12(14,15)8-3-1-4-9(7-8)21(20)11-10(17(18)19)5-2-6-16-11/h1-7H. The Bertz CT molecular complexity index is 719. The summed E-state index contributed by atoms with van der Waals surface area (Å²) in [6, 6.07) is 6.18. The number of hydrogen-bond acceptors (Lipinski definition) is 4. The highest BCUT2D eigenvalue weighted by molar-refractivity contribution is 7.85. The molecule has 0 aliphatic carbocycles. The number of alkyl halides is 3. The fourth-order valence-corrected chi connectivity index (χ4v) is 2.71. The monoisotopic (exact) mass is 316 g/mol. The maximum atomic E-state index is 12.6. The second-order valence-electron chi connectivity index (χ2n) is 3.88. The quantitative estimate of drug-likeness (QED) is 0.644. The minimum Gasteiger partial charge on any atom is -0.258 e. The molecule has 1 aromatic heterocycles. The molecule has 1 atom stereocenters. The van der Waals surface area contributed by atoms with Crippen LogP contribution in [0.2, 0.25) is 0 Å². The summed E-state index contributed by atoms with van der Waals surface area (Å²) in [6.07, 6.45) is -3.40. The molecule has 0 N–H and O–H groups in total. The average Bonchev–Trinajstić information content (AvgIpc) is 2.45. The van der Waals surface area contributed by atoms with Crippen LogP contribution in [0, 0.1) is 10.1 Å². The summed E-state index contributed by atoms with van der Waals surface area (Å²) in [6.45, 7) is 0. The number of halogens is 3. The van der Waals surface area contributed by atoms with Crippen molar-refractivity contribution in [3.05, 3.63) is 58.3 Å². The van der Waals surface area contributed by atoms with E-state index in [1.165, 1.54) is 18.3 Å². The molecule has 2 rings (SSSR count). The molecule has 0 fully saturated rings. The van der Waals surface area contributed by atoms with E-state index in [2.05, 4.69) is 4.98 Å². The Morgan fingerprint density at radius 1 is 1.19 bits per heavy atom. The van der Waals surface area contributed by atoms with Gasteiger partial charge in [0.25, 0.3) is 0 Å². The Morgan fingerprint density at radius 3 is 2.52 bits per heavy atom. The van der Waals surface area contributed by atoms with E-state index < -0.39 is 33.2 Å². The number of aromatic nitrogens is 1. The third-order valence-electron chi connectivity index (χ3n) is 2.50. The third kappa shape index (κ3) is 3.24. The van der Waals surface area contributed by atoms with Gasteiger partial charge in [-0.2, -0.15) is 13.2 Å². The van der Waals surface area contributed by atoms with Crippen LogP contribution in [-0.4, -0.2) is 14.1 Å². The molecule has 1 unspecified atom stereocenters. The zero-order valence-corrected chi connectivity index (χ0v) is 11.0. The van der Waals surface area contributed by atoms with Gasteiger partial charge in [0.1, 0.15) is 10.8 Å². The SMILES string of the molecule is O=[N+]([O-])c1cccnc1S(=O)c1cccc(C(F)(F)F)c1. The average molecular weight is 316 g/mol. The summed E-state index contributed by atoms with van der Waals surface area (Å²) in [4.78, 5) is 13.5. The first-order chi connectivity index (χ1) is 9.80. The minimum atomic E-state index is -4.59. The number of nitro groups is 1. The first-order valence-electron chi connectivity index (χ1n) is 5.49. The van der Waals surface area contributed by atoms with Gasteiger partial charge in [0.15, 0.2) is 0 Å². The maximum Gasteiger partial charge on any atom is 0.416 e. The lowest BCUT2D eigenvalue weighted by molar-refractivity contribution is -0.388. The van der Waals surface area contributed by atoms with Gasteiger partial charge in [0.05, 0.1) is 10.5 Å². The molecule has 0 saturated heterocycles. The number of rotatable bonds is 3. The Morgan fingerprint density at radius 2 is 1.90 bits per heavy atom. The fourth-order valence-electron chi connectivity index (χ4n) is 1.56. The van der Waals surface area contributed by atoms with Crippen LogP contribution in [0.1, 0.15) is 5.56 Å². The van der Waals surface area contributed by atoms with Crippen molar-refractivity contribution in [2.75, 3.05) is 0 Å². The highest BCUT2D eigenvalue weighted by Crippen LogP contribution is 2.31. The molecule has 110 valence electrons. The van der Waals surface area contributed by atoms with Crippen molar-refractivity contribution in [1.82, 2.24) is 4.98 Å². The normalized spacial score (nSPS) is 12.9. The number of pyridine rings is 1. The molecule has 0 bridgehead atoms. The summed E-state index contributed by atoms with van der Waals surface area (Å²) in [5.41, 5.74) is -1.49. The second-order valence-corrected chi connectivity index (χ2v) is 5.27. The van der Waals surface area contributed by atoms with Gasteiger partial charge in [-0.15, -0.1) is 0 Å². The van der Waals surface area contributed by atoms with Gasteiger partial charge in [-0.3, -0.25) is 10.1 Å². The molecule has 0 saturated carbocycles. The number of nitrogens with zero attached hydrogens (tertiary/aromatic N) is 2. The van der Waals surface area contributed by atoms with Crippen molar-refractivity contribution in [1.29, 1.82) is 0 Å². The van der Waals surface area contributed by atoms with E-state index in [4.69, 9.17) is 0 Å². The summed E-state index contributed by atoms with van der Waals surface area (Å²) < 4.78 is 50.1. The lowest BCUT2D eigenvalue weighted by Gasteiger charge is -2.08. The predicted molar refractivity (Wildman–Crippen MR) is 67.0 cm³/mol. The maximum absolute atomic E-state index is 12.6. The molecular weight excluding hydrogens is 309 g/mol. The molecule has 21 heavy (non-hydrogen) atoms. The van der Waals surface area contributed by atoms with E-state index in [1.807, 2.05) is 0 Å². The van der Waals surface area contributed by atoms with Gasteiger partial charge in [-0.25, -0.2) is 9.19 Å². The highest BCUT2D eigenvalue weighted by Gasteiger charge is 2.31. The Labute approximate surface area is 119 Å². The van der Waals surface area contributed by atoms with Gasteiger partial charge < -0.3 is 0 Å². The molecule has 1 heterocycles. The first kappa shape index (κ1) is 15.1. The first-order valence-corrected chi connectivity index (χ1v) is 6.64.